The van der Waals surface area contributed by atoms with Gasteiger partial charge in [0.05, 0.1) is 40.6 Å². The van der Waals surface area contributed by atoms with E-state index in [-0.39, 0.29) is 6.04 Å². The van der Waals surface area contributed by atoms with E-state index < -0.39 is 0 Å². The van der Waals surface area contributed by atoms with Gasteiger partial charge >= 0.3 is 0 Å². The molecule has 0 spiro atoms. The van der Waals surface area contributed by atoms with Crippen molar-refractivity contribution in [2.45, 2.75) is 6.04 Å². The molecule has 1 N–H and O–H groups in total. The predicted octanol–water partition coefficient (Wildman–Crippen LogP) is 1.37. The van der Waals surface area contributed by atoms with Gasteiger partial charge in [-0.3, -0.25) is 0 Å². The highest BCUT2D eigenvalue weighted by atomic mass is 16.5. The zero-order chi connectivity index (χ0) is 13.0. The Morgan fingerprint density at radius 1 is 1.11 bits per heavy atom. The quantitative estimate of drug-likeness (QED) is 0.878. The summed E-state index contributed by atoms with van der Waals surface area (Å²) in [6.45, 7) is 2.21. The number of methoxy groups -OCH3 is 3. The maximum Gasteiger partial charge on any atom is 0.203 e. The van der Waals surface area contributed by atoms with Crippen LogP contribution in [-0.4, -0.2) is 41.1 Å². The first-order chi connectivity index (χ1) is 8.81. The van der Waals surface area contributed by atoms with E-state index in [1.54, 1.807) is 21.3 Å². The lowest BCUT2D eigenvalue weighted by atomic mass is 10.0. The fourth-order valence-electron chi connectivity index (χ4n) is 2.16. The van der Waals surface area contributed by atoms with Crippen molar-refractivity contribution in [2.75, 3.05) is 41.1 Å². The smallest absolute Gasteiger partial charge is 0.203 e. The van der Waals surface area contributed by atoms with E-state index >= 15 is 0 Å². The molecule has 0 aromatic heterocycles. The lowest BCUT2D eigenvalue weighted by Crippen LogP contribution is -2.34. The van der Waals surface area contributed by atoms with Gasteiger partial charge in [0.1, 0.15) is 0 Å². The van der Waals surface area contributed by atoms with Gasteiger partial charge in [0.2, 0.25) is 5.75 Å². The van der Waals surface area contributed by atoms with Gasteiger partial charge in [-0.15, -0.1) is 0 Å². The lowest BCUT2D eigenvalue weighted by molar-refractivity contribution is 0.0759. The summed E-state index contributed by atoms with van der Waals surface area (Å²) in [5.41, 5.74) is 1.02. The monoisotopic (exact) mass is 253 g/mol. The fraction of sp³-hybridized carbons (Fsp3) is 0.538. The van der Waals surface area contributed by atoms with Gasteiger partial charge in [-0.1, -0.05) is 0 Å². The Hall–Kier alpha value is -1.46. The van der Waals surface area contributed by atoms with Crippen LogP contribution in [0.25, 0.3) is 0 Å². The summed E-state index contributed by atoms with van der Waals surface area (Å²) >= 11 is 0. The molecule has 1 aliphatic rings. The van der Waals surface area contributed by atoms with E-state index in [1.807, 2.05) is 12.1 Å². The first kappa shape index (κ1) is 13.0. The predicted molar refractivity (Wildman–Crippen MR) is 67.7 cm³/mol. The molecule has 18 heavy (non-hydrogen) atoms. The van der Waals surface area contributed by atoms with Gasteiger partial charge in [-0.25, -0.2) is 0 Å². The van der Waals surface area contributed by atoms with Gasteiger partial charge in [0.25, 0.3) is 0 Å². The number of benzene rings is 1. The summed E-state index contributed by atoms with van der Waals surface area (Å²) < 4.78 is 21.6. The van der Waals surface area contributed by atoms with E-state index in [1.165, 1.54) is 0 Å². The first-order valence-electron chi connectivity index (χ1n) is 5.91. The van der Waals surface area contributed by atoms with Crippen LogP contribution in [0.1, 0.15) is 11.6 Å². The van der Waals surface area contributed by atoms with Crippen molar-refractivity contribution in [3.05, 3.63) is 17.7 Å². The van der Waals surface area contributed by atoms with Gasteiger partial charge < -0.3 is 24.3 Å². The zero-order valence-electron chi connectivity index (χ0n) is 11.0. The Bertz CT molecular complexity index is 402. The first-order valence-corrected chi connectivity index (χ1v) is 5.91. The molecule has 1 fully saturated rings. The van der Waals surface area contributed by atoms with E-state index in [4.69, 9.17) is 18.9 Å². The molecule has 100 valence electrons. The molecule has 1 heterocycles. The van der Waals surface area contributed by atoms with E-state index in [2.05, 4.69) is 5.32 Å². The molecule has 1 aromatic rings. The van der Waals surface area contributed by atoms with Crippen LogP contribution in [0.4, 0.5) is 0 Å². The maximum absolute atomic E-state index is 5.48. The van der Waals surface area contributed by atoms with Crippen molar-refractivity contribution < 1.29 is 18.9 Å². The van der Waals surface area contributed by atoms with Crippen LogP contribution in [0.2, 0.25) is 0 Å². The van der Waals surface area contributed by atoms with Crippen molar-refractivity contribution in [3.63, 3.8) is 0 Å². The van der Waals surface area contributed by atoms with Crippen LogP contribution >= 0.6 is 0 Å². The Morgan fingerprint density at radius 3 is 2.44 bits per heavy atom. The third-order valence-electron chi connectivity index (χ3n) is 3.03. The Morgan fingerprint density at radius 2 is 1.89 bits per heavy atom. The van der Waals surface area contributed by atoms with E-state index in [9.17, 15) is 0 Å². The molecule has 1 aromatic carbocycles. The van der Waals surface area contributed by atoms with Crippen molar-refractivity contribution in [1.29, 1.82) is 0 Å². The second-order valence-corrected chi connectivity index (χ2v) is 4.01. The third kappa shape index (κ3) is 2.37. The Kier molecular flexibility index (Phi) is 4.28. The summed E-state index contributed by atoms with van der Waals surface area (Å²) in [6, 6.07) is 3.98. The Balaban J connectivity index is 2.40. The van der Waals surface area contributed by atoms with Crippen molar-refractivity contribution in [2.24, 2.45) is 0 Å². The van der Waals surface area contributed by atoms with Crippen LogP contribution in [0.3, 0.4) is 0 Å². The molecule has 0 unspecified atom stereocenters. The van der Waals surface area contributed by atoms with Crippen molar-refractivity contribution in [3.8, 4) is 17.2 Å². The van der Waals surface area contributed by atoms with Gasteiger partial charge in [0.15, 0.2) is 11.5 Å². The van der Waals surface area contributed by atoms with Crippen LogP contribution in [0, 0.1) is 0 Å². The number of hydrogen-bond donors (Lipinski definition) is 1. The molecule has 5 heteroatoms. The molecule has 1 atom stereocenters. The summed E-state index contributed by atoms with van der Waals surface area (Å²) in [5.74, 6) is 1.97. The van der Waals surface area contributed by atoms with Gasteiger partial charge in [-0.2, -0.15) is 0 Å². The number of rotatable bonds is 4. The zero-order valence-corrected chi connectivity index (χ0v) is 11.0. The molecule has 1 aliphatic heterocycles. The highest BCUT2D eigenvalue weighted by Gasteiger charge is 2.23. The molecule has 5 nitrogen and oxygen atoms in total. The average Bonchev–Trinajstić information content (AvgIpc) is 2.46. The van der Waals surface area contributed by atoms with Crippen LogP contribution in [0.15, 0.2) is 12.1 Å². The molecular weight excluding hydrogens is 234 g/mol. The van der Waals surface area contributed by atoms with Crippen LogP contribution in [-0.2, 0) is 4.74 Å². The number of nitrogens with one attached hydrogen (secondary N) is 1. The highest BCUT2D eigenvalue weighted by Crippen LogP contribution is 2.42. The van der Waals surface area contributed by atoms with Crippen LogP contribution in [0.5, 0.6) is 17.2 Å². The molecule has 1 saturated heterocycles. The SMILES string of the molecule is COc1ccc([C@@H]2COCCN2)c(OC)c1OC. The molecule has 2 rings (SSSR count). The molecule has 0 amide bonds. The van der Waals surface area contributed by atoms with Gasteiger partial charge in [0, 0.05) is 12.1 Å². The second kappa shape index (κ2) is 5.93. The minimum absolute atomic E-state index is 0.119. The van der Waals surface area contributed by atoms with Crippen molar-refractivity contribution >= 4 is 0 Å². The summed E-state index contributed by atoms with van der Waals surface area (Å²) in [4.78, 5) is 0. The number of ether oxygens (including phenoxy) is 4. The van der Waals surface area contributed by atoms with E-state index in [0.717, 1.165) is 18.7 Å². The Labute approximate surface area is 107 Å². The normalized spacial score (nSPS) is 19.4. The molecule has 0 saturated carbocycles. The maximum atomic E-state index is 5.48. The van der Waals surface area contributed by atoms with E-state index in [0.29, 0.717) is 23.9 Å². The highest BCUT2D eigenvalue weighted by molar-refractivity contribution is 5.56. The number of hydrogen-bond acceptors (Lipinski definition) is 5. The third-order valence-corrected chi connectivity index (χ3v) is 3.03. The van der Waals surface area contributed by atoms with Crippen LogP contribution < -0.4 is 19.5 Å². The second-order valence-electron chi connectivity index (χ2n) is 4.01. The summed E-state index contributed by atoms with van der Waals surface area (Å²) in [7, 11) is 4.85. The largest absolute Gasteiger partial charge is 0.493 e. The fourth-order valence-corrected chi connectivity index (χ4v) is 2.16. The lowest BCUT2D eigenvalue weighted by Gasteiger charge is -2.26. The topological polar surface area (TPSA) is 49.0 Å². The van der Waals surface area contributed by atoms with Crippen molar-refractivity contribution in [1.82, 2.24) is 5.32 Å². The van der Waals surface area contributed by atoms with Gasteiger partial charge in [-0.05, 0) is 12.1 Å². The minimum Gasteiger partial charge on any atom is -0.493 e. The summed E-state index contributed by atoms with van der Waals surface area (Å²) in [5, 5.41) is 3.40. The minimum atomic E-state index is 0.119. The molecule has 0 aliphatic carbocycles. The average molecular weight is 253 g/mol. The molecule has 0 radical (unpaired) electrons. The molecular formula is C13H19NO4. The molecule has 0 bridgehead atoms. The number of morpholine rings is 1. The standard InChI is InChI=1S/C13H19NO4/c1-15-11-5-4-9(10-8-18-7-6-14-10)12(16-2)13(11)17-3/h4-5,10,14H,6-8H2,1-3H3/t10-/m0/s1. The summed E-state index contributed by atoms with van der Waals surface area (Å²) in [6.07, 6.45) is 0.